The number of hydrogen-bond donors (Lipinski definition) is 1. The number of rotatable bonds is 4. The highest BCUT2D eigenvalue weighted by atomic mass is 32.2. The minimum absolute atomic E-state index is 0.0501. The molecule has 0 saturated carbocycles. The van der Waals surface area contributed by atoms with Crippen molar-refractivity contribution in [2.75, 3.05) is 0 Å². The van der Waals surface area contributed by atoms with E-state index in [0.29, 0.717) is 11.5 Å². The van der Waals surface area contributed by atoms with Crippen LogP contribution in [-0.4, -0.2) is 5.11 Å². The quantitative estimate of drug-likeness (QED) is 0.491. The van der Waals surface area contributed by atoms with Gasteiger partial charge < -0.3 is 9.52 Å². The van der Waals surface area contributed by atoms with Crippen molar-refractivity contribution in [2.45, 2.75) is 10.6 Å². The van der Waals surface area contributed by atoms with E-state index in [0.717, 1.165) is 16.5 Å². The Kier molecular flexibility index (Phi) is 4.50. The molecule has 0 aliphatic carbocycles. The molecule has 4 rings (SSSR count). The molecule has 0 bridgehead atoms. The van der Waals surface area contributed by atoms with Crippen LogP contribution in [0.15, 0.2) is 93.0 Å². The second-order valence-electron chi connectivity index (χ2n) is 5.95. The van der Waals surface area contributed by atoms with E-state index in [1.165, 1.54) is 23.2 Å². The molecule has 0 amide bonds. The van der Waals surface area contributed by atoms with Gasteiger partial charge in [0.1, 0.15) is 16.4 Å². The zero-order valence-electron chi connectivity index (χ0n) is 13.9. The van der Waals surface area contributed by atoms with Crippen molar-refractivity contribution in [1.82, 2.24) is 0 Å². The third-order valence-corrected chi connectivity index (χ3v) is 5.29. The highest BCUT2D eigenvalue weighted by molar-refractivity contribution is 7.98. The molecule has 0 radical (unpaired) electrons. The molecular weight excluding hydrogens is 344 g/mol. The van der Waals surface area contributed by atoms with Gasteiger partial charge >= 0.3 is 5.63 Å². The van der Waals surface area contributed by atoms with Crippen molar-refractivity contribution in [3.8, 4) is 17.1 Å². The molecule has 128 valence electrons. The first-order chi connectivity index (χ1) is 12.7. The van der Waals surface area contributed by atoms with Crippen LogP contribution in [0, 0.1) is 0 Å². The summed E-state index contributed by atoms with van der Waals surface area (Å²) in [4.78, 5) is 12.6. The topological polar surface area (TPSA) is 50.4 Å². The SMILES string of the molecule is O=c1oc(-c2ccccc2)cc(O)c1SCc1ccc2ccccc2c1. The van der Waals surface area contributed by atoms with Gasteiger partial charge in [-0.1, -0.05) is 72.8 Å². The van der Waals surface area contributed by atoms with Crippen molar-refractivity contribution in [1.29, 1.82) is 0 Å². The lowest BCUT2D eigenvalue weighted by atomic mass is 10.1. The van der Waals surface area contributed by atoms with Crippen molar-refractivity contribution >= 4 is 22.5 Å². The standard InChI is InChI=1S/C22H16O3S/c23-19-13-20(17-7-2-1-3-8-17)25-22(24)21(19)26-14-15-10-11-16-6-4-5-9-18(16)12-15/h1-13,23H,14H2. The first-order valence-corrected chi connectivity index (χ1v) is 9.22. The van der Waals surface area contributed by atoms with Crippen LogP contribution in [-0.2, 0) is 5.75 Å². The molecule has 0 atom stereocenters. The summed E-state index contributed by atoms with van der Waals surface area (Å²) in [5.41, 5.74) is 1.32. The maximum absolute atomic E-state index is 12.3. The Labute approximate surface area is 154 Å². The molecule has 0 saturated heterocycles. The molecule has 26 heavy (non-hydrogen) atoms. The number of aromatic hydroxyl groups is 1. The molecule has 4 heteroatoms. The Morgan fingerprint density at radius 3 is 2.35 bits per heavy atom. The minimum Gasteiger partial charge on any atom is -0.506 e. The summed E-state index contributed by atoms with van der Waals surface area (Å²) in [6.45, 7) is 0. The third-order valence-electron chi connectivity index (χ3n) is 4.14. The van der Waals surface area contributed by atoms with E-state index < -0.39 is 5.63 Å². The summed E-state index contributed by atoms with van der Waals surface area (Å²) in [5, 5.41) is 12.6. The van der Waals surface area contributed by atoms with Gasteiger partial charge in [0.15, 0.2) is 0 Å². The molecule has 1 heterocycles. The van der Waals surface area contributed by atoms with Gasteiger partial charge in [0.05, 0.1) is 0 Å². The second-order valence-corrected chi connectivity index (χ2v) is 6.93. The van der Waals surface area contributed by atoms with Crippen molar-refractivity contribution in [3.63, 3.8) is 0 Å². The summed E-state index contributed by atoms with van der Waals surface area (Å²) < 4.78 is 5.40. The number of fused-ring (bicyclic) bond motifs is 1. The molecule has 4 aromatic rings. The average Bonchev–Trinajstić information content (AvgIpc) is 2.68. The zero-order valence-corrected chi connectivity index (χ0v) is 14.7. The van der Waals surface area contributed by atoms with Gasteiger partial charge in [-0.3, -0.25) is 0 Å². The molecule has 0 unspecified atom stereocenters. The molecular formula is C22H16O3S. The van der Waals surface area contributed by atoms with E-state index in [1.54, 1.807) is 0 Å². The van der Waals surface area contributed by atoms with E-state index in [1.807, 2.05) is 48.5 Å². The number of benzene rings is 3. The fraction of sp³-hybridized carbons (Fsp3) is 0.0455. The molecule has 0 spiro atoms. The average molecular weight is 360 g/mol. The van der Waals surface area contributed by atoms with Gasteiger partial charge in [-0.2, -0.15) is 0 Å². The lowest BCUT2D eigenvalue weighted by Gasteiger charge is -2.07. The van der Waals surface area contributed by atoms with E-state index in [9.17, 15) is 9.90 Å². The van der Waals surface area contributed by atoms with E-state index in [-0.39, 0.29) is 10.6 Å². The normalized spacial score (nSPS) is 10.9. The van der Waals surface area contributed by atoms with Gasteiger partial charge in [0, 0.05) is 17.4 Å². The van der Waals surface area contributed by atoms with Crippen LogP contribution in [0.25, 0.3) is 22.1 Å². The number of hydrogen-bond acceptors (Lipinski definition) is 4. The molecule has 1 aromatic heterocycles. The van der Waals surface area contributed by atoms with E-state index in [2.05, 4.69) is 24.3 Å². The third kappa shape index (κ3) is 3.37. The van der Waals surface area contributed by atoms with Crippen LogP contribution < -0.4 is 5.63 Å². The molecule has 3 aromatic carbocycles. The minimum atomic E-state index is -0.519. The molecule has 0 fully saturated rings. The van der Waals surface area contributed by atoms with Gasteiger partial charge in [0.2, 0.25) is 0 Å². The Bertz CT molecular complexity index is 1120. The Balaban J connectivity index is 1.59. The van der Waals surface area contributed by atoms with Crippen molar-refractivity contribution < 1.29 is 9.52 Å². The summed E-state index contributed by atoms with van der Waals surface area (Å²) in [5.74, 6) is 0.891. The molecule has 1 N–H and O–H groups in total. The van der Waals surface area contributed by atoms with Crippen LogP contribution in [0.3, 0.4) is 0 Å². The lowest BCUT2D eigenvalue weighted by molar-refractivity contribution is 0.430. The molecule has 0 aliphatic rings. The molecule has 0 aliphatic heterocycles. The maximum Gasteiger partial charge on any atom is 0.353 e. The van der Waals surface area contributed by atoms with E-state index >= 15 is 0 Å². The summed E-state index contributed by atoms with van der Waals surface area (Å²) in [6, 6.07) is 25.1. The van der Waals surface area contributed by atoms with Crippen LogP contribution in [0.5, 0.6) is 5.75 Å². The van der Waals surface area contributed by atoms with Gasteiger partial charge in [-0.25, -0.2) is 4.79 Å². The maximum atomic E-state index is 12.3. The predicted molar refractivity (Wildman–Crippen MR) is 106 cm³/mol. The highest BCUT2D eigenvalue weighted by Gasteiger charge is 2.13. The van der Waals surface area contributed by atoms with Crippen LogP contribution >= 0.6 is 11.8 Å². The predicted octanol–water partition coefficient (Wildman–Crippen LogP) is 5.46. The lowest BCUT2D eigenvalue weighted by Crippen LogP contribution is -2.03. The van der Waals surface area contributed by atoms with Crippen LogP contribution in [0.4, 0.5) is 0 Å². The number of thioether (sulfide) groups is 1. The van der Waals surface area contributed by atoms with Crippen molar-refractivity contribution in [3.05, 3.63) is 94.8 Å². The van der Waals surface area contributed by atoms with Gasteiger partial charge in [-0.15, -0.1) is 11.8 Å². The van der Waals surface area contributed by atoms with E-state index in [4.69, 9.17) is 4.42 Å². The van der Waals surface area contributed by atoms with Gasteiger partial charge in [0.25, 0.3) is 0 Å². The fourth-order valence-electron chi connectivity index (χ4n) is 2.83. The smallest absolute Gasteiger partial charge is 0.353 e. The largest absolute Gasteiger partial charge is 0.506 e. The summed E-state index contributed by atoms with van der Waals surface area (Å²) in [7, 11) is 0. The Hall–Kier alpha value is -2.98. The second kappa shape index (κ2) is 7.10. The first-order valence-electron chi connectivity index (χ1n) is 8.24. The van der Waals surface area contributed by atoms with Crippen LogP contribution in [0.1, 0.15) is 5.56 Å². The summed E-state index contributed by atoms with van der Waals surface area (Å²) >= 11 is 1.28. The highest BCUT2D eigenvalue weighted by Crippen LogP contribution is 2.32. The zero-order chi connectivity index (χ0) is 17.9. The monoisotopic (exact) mass is 360 g/mol. The first kappa shape index (κ1) is 16.5. The van der Waals surface area contributed by atoms with Crippen molar-refractivity contribution in [2.24, 2.45) is 0 Å². The molecule has 3 nitrogen and oxygen atoms in total. The summed E-state index contributed by atoms with van der Waals surface area (Å²) in [6.07, 6.45) is 0. The Morgan fingerprint density at radius 2 is 1.58 bits per heavy atom. The Morgan fingerprint density at radius 1 is 0.846 bits per heavy atom. The van der Waals surface area contributed by atoms with Crippen LogP contribution in [0.2, 0.25) is 0 Å². The fourth-order valence-corrected chi connectivity index (χ4v) is 3.69. The van der Waals surface area contributed by atoms with Gasteiger partial charge in [-0.05, 0) is 16.3 Å².